The molecule has 0 spiro atoms. The summed E-state index contributed by atoms with van der Waals surface area (Å²) in [6.45, 7) is 2.76. The molecule has 2 atom stereocenters. The van der Waals surface area contributed by atoms with E-state index in [-0.39, 0.29) is 18.0 Å². The molecule has 0 saturated carbocycles. The average molecular weight is 286 g/mol. The van der Waals surface area contributed by atoms with Crippen molar-refractivity contribution in [1.29, 1.82) is 0 Å². The first-order chi connectivity index (χ1) is 10.2. The zero-order chi connectivity index (χ0) is 14.7. The lowest BCUT2D eigenvalue weighted by atomic mass is 10.1. The third-order valence-electron chi connectivity index (χ3n) is 3.95. The van der Waals surface area contributed by atoms with Crippen molar-refractivity contribution in [3.63, 3.8) is 0 Å². The van der Waals surface area contributed by atoms with Gasteiger partial charge in [-0.2, -0.15) is 0 Å². The van der Waals surface area contributed by atoms with Crippen molar-refractivity contribution < 1.29 is 13.9 Å². The maximum Gasteiger partial charge on any atom is 0.128 e. The number of hydrogen-bond donors (Lipinski definition) is 0. The zero-order valence-corrected chi connectivity index (χ0v) is 12.1. The third-order valence-corrected chi connectivity index (χ3v) is 3.95. The van der Waals surface area contributed by atoms with Gasteiger partial charge in [-0.1, -0.05) is 42.5 Å². The molecule has 2 aromatic rings. The molecule has 1 aliphatic heterocycles. The summed E-state index contributed by atoms with van der Waals surface area (Å²) in [6.07, 6.45) is 0.921. The first-order valence-corrected chi connectivity index (χ1v) is 7.26. The summed E-state index contributed by atoms with van der Waals surface area (Å²) in [6, 6.07) is 15.2. The Morgan fingerprint density at radius 3 is 2.71 bits per heavy atom. The zero-order valence-electron chi connectivity index (χ0n) is 12.1. The quantitative estimate of drug-likeness (QED) is 0.839. The molecule has 2 nitrogen and oxygen atoms in total. The van der Waals surface area contributed by atoms with Gasteiger partial charge >= 0.3 is 0 Å². The lowest BCUT2D eigenvalue weighted by Gasteiger charge is -2.13. The third kappa shape index (κ3) is 3.31. The summed E-state index contributed by atoms with van der Waals surface area (Å²) in [5.41, 5.74) is 2.74. The standard InChI is InChI=1S/C18H19FO2/c1-13-6-5-9-17(19)16(13)12-20-15-10-18(21-11-15)14-7-3-2-4-8-14/h2-9,15,18H,10-12H2,1H3. The Hall–Kier alpha value is -1.71. The van der Waals surface area contributed by atoms with Crippen LogP contribution in [0.2, 0.25) is 0 Å². The molecule has 0 radical (unpaired) electrons. The highest BCUT2D eigenvalue weighted by molar-refractivity contribution is 5.26. The van der Waals surface area contributed by atoms with E-state index >= 15 is 0 Å². The minimum Gasteiger partial charge on any atom is -0.371 e. The first-order valence-electron chi connectivity index (χ1n) is 7.26. The van der Waals surface area contributed by atoms with E-state index < -0.39 is 0 Å². The number of ether oxygens (including phenoxy) is 2. The summed E-state index contributed by atoms with van der Waals surface area (Å²) in [5.74, 6) is -0.200. The van der Waals surface area contributed by atoms with Crippen LogP contribution < -0.4 is 0 Å². The molecular formula is C18H19FO2. The summed E-state index contributed by atoms with van der Waals surface area (Å²) in [5, 5.41) is 0. The molecule has 0 aromatic heterocycles. The van der Waals surface area contributed by atoms with Crippen LogP contribution in [0.4, 0.5) is 4.39 Å². The van der Waals surface area contributed by atoms with E-state index in [0.29, 0.717) is 18.8 Å². The van der Waals surface area contributed by atoms with Crippen molar-refractivity contribution in [2.75, 3.05) is 6.61 Å². The average Bonchev–Trinajstić information content (AvgIpc) is 2.97. The predicted molar refractivity (Wildman–Crippen MR) is 79.5 cm³/mol. The minimum atomic E-state index is -0.200. The van der Waals surface area contributed by atoms with Gasteiger partial charge in [0.15, 0.2) is 0 Å². The predicted octanol–water partition coefficient (Wildman–Crippen LogP) is 4.18. The number of aryl methyl sites for hydroxylation is 1. The Bertz CT molecular complexity index is 577. The lowest BCUT2D eigenvalue weighted by Crippen LogP contribution is -2.13. The highest BCUT2D eigenvalue weighted by Crippen LogP contribution is 2.30. The molecule has 1 aliphatic rings. The van der Waals surface area contributed by atoms with Crippen LogP contribution in [0.1, 0.15) is 29.2 Å². The van der Waals surface area contributed by atoms with Crippen molar-refractivity contribution >= 4 is 0 Å². The molecule has 0 N–H and O–H groups in total. The Labute approximate surface area is 124 Å². The van der Waals surface area contributed by atoms with Crippen molar-refractivity contribution in [3.8, 4) is 0 Å². The van der Waals surface area contributed by atoms with Crippen molar-refractivity contribution in [2.45, 2.75) is 32.2 Å². The van der Waals surface area contributed by atoms with Gasteiger partial charge in [0.25, 0.3) is 0 Å². The normalized spacial score (nSPS) is 21.6. The number of benzene rings is 2. The van der Waals surface area contributed by atoms with Crippen LogP contribution in [-0.2, 0) is 16.1 Å². The Morgan fingerprint density at radius 1 is 1.14 bits per heavy atom. The molecule has 0 amide bonds. The molecule has 1 fully saturated rings. The molecule has 110 valence electrons. The van der Waals surface area contributed by atoms with Crippen LogP contribution >= 0.6 is 0 Å². The smallest absolute Gasteiger partial charge is 0.128 e. The van der Waals surface area contributed by atoms with Crippen LogP contribution in [0.15, 0.2) is 48.5 Å². The summed E-state index contributed by atoms with van der Waals surface area (Å²) in [4.78, 5) is 0. The Balaban J connectivity index is 1.58. The summed E-state index contributed by atoms with van der Waals surface area (Å²) in [7, 11) is 0. The fourth-order valence-corrected chi connectivity index (χ4v) is 2.66. The van der Waals surface area contributed by atoms with Gasteiger partial charge in [0.05, 0.1) is 25.4 Å². The van der Waals surface area contributed by atoms with Crippen molar-refractivity contribution in [3.05, 3.63) is 71.0 Å². The lowest BCUT2D eigenvalue weighted by molar-refractivity contribution is 0.0261. The van der Waals surface area contributed by atoms with Crippen molar-refractivity contribution in [1.82, 2.24) is 0 Å². The highest BCUT2D eigenvalue weighted by Gasteiger charge is 2.27. The van der Waals surface area contributed by atoms with Gasteiger partial charge < -0.3 is 9.47 Å². The fourth-order valence-electron chi connectivity index (χ4n) is 2.66. The molecule has 21 heavy (non-hydrogen) atoms. The van der Waals surface area contributed by atoms with E-state index in [4.69, 9.17) is 9.47 Å². The van der Waals surface area contributed by atoms with Crippen LogP contribution in [0.3, 0.4) is 0 Å². The van der Waals surface area contributed by atoms with Gasteiger partial charge in [0.1, 0.15) is 5.82 Å². The number of rotatable bonds is 4. The van der Waals surface area contributed by atoms with E-state index in [0.717, 1.165) is 12.0 Å². The summed E-state index contributed by atoms with van der Waals surface area (Å²) < 4.78 is 25.4. The molecule has 3 heteroatoms. The number of hydrogen-bond acceptors (Lipinski definition) is 2. The number of halogens is 1. The van der Waals surface area contributed by atoms with Gasteiger partial charge in [-0.05, 0) is 24.1 Å². The molecular weight excluding hydrogens is 267 g/mol. The molecule has 2 aromatic carbocycles. The van der Waals surface area contributed by atoms with E-state index in [1.165, 1.54) is 11.6 Å². The monoisotopic (exact) mass is 286 g/mol. The Morgan fingerprint density at radius 2 is 1.95 bits per heavy atom. The maximum atomic E-state index is 13.8. The van der Waals surface area contributed by atoms with E-state index in [1.807, 2.05) is 31.2 Å². The second-order valence-corrected chi connectivity index (χ2v) is 5.44. The van der Waals surface area contributed by atoms with Crippen molar-refractivity contribution in [2.24, 2.45) is 0 Å². The largest absolute Gasteiger partial charge is 0.371 e. The topological polar surface area (TPSA) is 18.5 Å². The van der Waals surface area contributed by atoms with Gasteiger partial charge in [-0.25, -0.2) is 4.39 Å². The van der Waals surface area contributed by atoms with E-state index in [2.05, 4.69) is 12.1 Å². The van der Waals surface area contributed by atoms with Crippen LogP contribution in [0.25, 0.3) is 0 Å². The van der Waals surface area contributed by atoms with Gasteiger partial charge in [0.2, 0.25) is 0 Å². The molecule has 2 unspecified atom stereocenters. The molecule has 0 bridgehead atoms. The minimum absolute atomic E-state index is 0.0224. The van der Waals surface area contributed by atoms with Crippen LogP contribution in [-0.4, -0.2) is 12.7 Å². The maximum absolute atomic E-state index is 13.8. The Kier molecular flexibility index (Phi) is 4.32. The van der Waals surface area contributed by atoms with Gasteiger partial charge in [-0.15, -0.1) is 0 Å². The van der Waals surface area contributed by atoms with Gasteiger partial charge in [-0.3, -0.25) is 0 Å². The van der Waals surface area contributed by atoms with Crippen LogP contribution in [0.5, 0.6) is 0 Å². The van der Waals surface area contributed by atoms with E-state index in [1.54, 1.807) is 6.07 Å². The van der Waals surface area contributed by atoms with E-state index in [9.17, 15) is 4.39 Å². The molecule has 1 heterocycles. The van der Waals surface area contributed by atoms with Gasteiger partial charge in [0, 0.05) is 12.0 Å². The molecule has 3 rings (SSSR count). The fraction of sp³-hybridized carbons (Fsp3) is 0.333. The highest BCUT2D eigenvalue weighted by atomic mass is 19.1. The summed E-state index contributed by atoms with van der Waals surface area (Å²) >= 11 is 0. The second kappa shape index (κ2) is 6.37. The van der Waals surface area contributed by atoms with Crippen LogP contribution in [0, 0.1) is 12.7 Å². The SMILES string of the molecule is Cc1cccc(F)c1COC1COC(c2ccccc2)C1. The second-order valence-electron chi connectivity index (χ2n) is 5.44. The first kappa shape index (κ1) is 14.2. The molecule has 1 saturated heterocycles. The molecule has 0 aliphatic carbocycles.